The van der Waals surface area contributed by atoms with E-state index < -0.39 is 0 Å². The van der Waals surface area contributed by atoms with Crippen molar-refractivity contribution in [3.05, 3.63) is 11.6 Å². The fraction of sp³-hybridized carbons (Fsp3) is 0.789. The Kier molecular flexibility index (Phi) is 9.75. The predicted molar refractivity (Wildman–Crippen MR) is 98.3 cm³/mol. The molecule has 6 nitrogen and oxygen atoms in total. The van der Waals surface area contributed by atoms with Crippen molar-refractivity contribution < 1.29 is 19.1 Å². The molecule has 0 heterocycles. The lowest BCUT2D eigenvalue weighted by molar-refractivity contribution is -0.139. The zero-order valence-electron chi connectivity index (χ0n) is 16.3. The number of rotatable bonds is 10. The molecule has 6 heteroatoms. The number of hydrogen-bond donors (Lipinski definition) is 2. The van der Waals surface area contributed by atoms with Gasteiger partial charge in [-0.3, -0.25) is 4.79 Å². The predicted octanol–water partition coefficient (Wildman–Crippen LogP) is 2.33. The molecule has 0 unspecified atom stereocenters. The molecule has 0 radical (unpaired) electrons. The van der Waals surface area contributed by atoms with Gasteiger partial charge in [0.1, 0.15) is 0 Å². The van der Waals surface area contributed by atoms with Crippen molar-refractivity contribution in [2.45, 2.75) is 84.6 Å². The average Bonchev–Trinajstić information content (AvgIpc) is 2.59. The lowest BCUT2D eigenvalue weighted by Crippen LogP contribution is -2.58. The first-order valence-electron chi connectivity index (χ1n) is 9.50. The van der Waals surface area contributed by atoms with Crippen molar-refractivity contribution in [1.82, 2.24) is 10.6 Å². The maximum atomic E-state index is 12.3. The topological polar surface area (TPSA) is 76.7 Å². The molecule has 1 aliphatic rings. The van der Waals surface area contributed by atoms with E-state index in [4.69, 9.17) is 9.47 Å². The van der Waals surface area contributed by atoms with Gasteiger partial charge in [0.05, 0.1) is 24.9 Å². The minimum absolute atomic E-state index is 0.0624. The molecule has 0 aromatic carbocycles. The van der Waals surface area contributed by atoms with Crippen LogP contribution in [0, 0.1) is 0 Å². The van der Waals surface area contributed by atoms with E-state index in [0.717, 1.165) is 25.8 Å². The highest BCUT2D eigenvalue weighted by Crippen LogP contribution is 2.25. The first kappa shape index (κ1) is 21.6. The number of carbonyl (C=O) groups excluding carboxylic acids is 2. The monoisotopic (exact) mass is 354 g/mol. The maximum absolute atomic E-state index is 12.3. The standard InChI is InChI=1S/C19H34N2O4/c1-6-10-20-16-11-14(19(23)24-9-4)12-17(18(16)21-13(5)22)25-15(7-2)8-3/h12,15-18,20H,6-11H2,1-5H3,(H,21,22)/t16-,17+,18+/m0/s1. The second-order valence-electron chi connectivity index (χ2n) is 6.44. The van der Waals surface area contributed by atoms with Crippen LogP contribution < -0.4 is 10.6 Å². The van der Waals surface area contributed by atoms with Crippen molar-refractivity contribution >= 4 is 11.9 Å². The summed E-state index contributed by atoms with van der Waals surface area (Å²) in [4.78, 5) is 24.0. The number of esters is 1. The van der Waals surface area contributed by atoms with E-state index in [2.05, 4.69) is 31.4 Å². The number of ether oxygens (including phenoxy) is 2. The van der Waals surface area contributed by atoms with Gasteiger partial charge in [0, 0.05) is 18.5 Å². The second kappa shape index (κ2) is 11.3. The molecule has 144 valence electrons. The van der Waals surface area contributed by atoms with Crippen LogP contribution in [-0.2, 0) is 19.1 Å². The quantitative estimate of drug-likeness (QED) is 0.589. The Morgan fingerprint density at radius 2 is 1.92 bits per heavy atom. The van der Waals surface area contributed by atoms with Crippen LogP contribution in [0.4, 0.5) is 0 Å². The van der Waals surface area contributed by atoms with E-state index in [-0.39, 0.29) is 36.2 Å². The van der Waals surface area contributed by atoms with E-state index in [9.17, 15) is 9.59 Å². The Bertz CT molecular complexity index is 460. The third-order valence-electron chi connectivity index (χ3n) is 4.42. The molecule has 0 saturated heterocycles. The summed E-state index contributed by atoms with van der Waals surface area (Å²) in [5, 5.41) is 6.46. The summed E-state index contributed by atoms with van der Waals surface area (Å²) in [6.07, 6.45) is 4.83. The molecule has 2 N–H and O–H groups in total. The molecule has 0 aromatic rings. The molecule has 0 spiro atoms. The molecule has 0 aliphatic heterocycles. The van der Waals surface area contributed by atoms with Gasteiger partial charge in [-0.25, -0.2) is 4.79 Å². The number of carbonyl (C=O) groups is 2. The van der Waals surface area contributed by atoms with Crippen LogP contribution in [0.3, 0.4) is 0 Å². The second-order valence-corrected chi connectivity index (χ2v) is 6.44. The van der Waals surface area contributed by atoms with Crippen LogP contribution in [0.1, 0.15) is 60.3 Å². The molecule has 1 amide bonds. The number of hydrogen-bond acceptors (Lipinski definition) is 5. The van der Waals surface area contributed by atoms with Crippen LogP contribution in [0.25, 0.3) is 0 Å². The fourth-order valence-electron chi connectivity index (χ4n) is 3.11. The normalized spacial score (nSPS) is 23.3. The highest BCUT2D eigenvalue weighted by atomic mass is 16.5. The Balaban J connectivity index is 3.10. The fourth-order valence-corrected chi connectivity index (χ4v) is 3.11. The Morgan fingerprint density at radius 1 is 1.24 bits per heavy atom. The van der Waals surface area contributed by atoms with E-state index in [1.807, 2.05) is 6.08 Å². The summed E-state index contributed by atoms with van der Waals surface area (Å²) in [5.41, 5.74) is 0.619. The van der Waals surface area contributed by atoms with E-state index >= 15 is 0 Å². The lowest BCUT2D eigenvalue weighted by Gasteiger charge is -2.38. The van der Waals surface area contributed by atoms with Gasteiger partial charge >= 0.3 is 5.97 Å². The SMILES string of the molecule is CCCN[C@H]1CC(C(=O)OCC)=C[C@@H](OC(CC)CC)[C@@H]1NC(C)=O. The molecule has 25 heavy (non-hydrogen) atoms. The highest BCUT2D eigenvalue weighted by molar-refractivity contribution is 5.89. The summed E-state index contributed by atoms with van der Waals surface area (Å²) in [6, 6.07) is -0.268. The Labute approximate surface area is 151 Å². The molecule has 0 fully saturated rings. The maximum Gasteiger partial charge on any atom is 0.333 e. The van der Waals surface area contributed by atoms with Crippen molar-refractivity contribution in [1.29, 1.82) is 0 Å². The Hall–Kier alpha value is -1.40. The molecule has 0 saturated carbocycles. The summed E-state index contributed by atoms with van der Waals surface area (Å²) < 4.78 is 11.4. The molecule has 1 aliphatic carbocycles. The summed E-state index contributed by atoms with van der Waals surface area (Å²) in [5.74, 6) is -0.398. The largest absolute Gasteiger partial charge is 0.463 e. The molecule has 3 atom stereocenters. The van der Waals surface area contributed by atoms with Gasteiger partial charge in [-0.2, -0.15) is 0 Å². The molecular weight excluding hydrogens is 320 g/mol. The Morgan fingerprint density at radius 3 is 2.44 bits per heavy atom. The van der Waals surface area contributed by atoms with Crippen molar-refractivity contribution in [2.75, 3.05) is 13.2 Å². The van der Waals surface area contributed by atoms with Gasteiger partial charge in [-0.15, -0.1) is 0 Å². The number of nitrogens with one attached hydrogen (secondary N) is 2. The van der Waals surface area contributed by atoms with Crippen LogP contribution in [0.2, 0.25) is 0 Å². The van der Waals surface area contributed by atoms with Crippen molar-refractivity contribution in [3.63, 3.8) is 0 Å². The van der Waals surface area contributed by atoms with Gasteiger partial charge in [-0.1, -0.05) is 20.8 Å². The smallest absolute Gasteiger partial charge is 0.333 e. The highest BCUT2D eigenvalue weighted by Gasteiger charge is 2.37. The number of amides is 1. The zero-order valence-corrected chi connectivity index (χ0v) is 16.3. The van der Waals surface area contributed by atoms with Crippen molar-refractivity contribution in [3.8, 4) is 0 Å². The average molecular weight is 354 g/mol. The summed E-state index contributed by atoms with van der Waals surface area (Å²) >= 11 is 0. The molecule has 1 rings (SSSR count). The van der Waals surface area contributed by atoms with Crippen LogP contribution in [-0.4, -0.2) is 49.3 Å². The first-order chi connectivity index (χ1) is 12.0. The third-order valence-corrected chi connectivity index (χ3v) is 4.42. The molecule has 0 bridgehead atoms. The van der Waals surface area contributed by atoms with Gasteiger partial charge < -0.3 is 20.1 Å². The molecule has 0 aromatic heterocycles. The van der Waals surface area contributed by atoms with Crippen LogP contribution in [0.5, 0.6) is 0 Å². The van der Waals surface area contributed by atoms with Gasteiger partial charge in [0.15, 0.2) is 0 Å². The van der Waals surface area contributed by atoms with Gasteiger partial charge in [0.2, 0.25) is 5.91 Å². The minimum Gasteiger partial charge on any atom is -0.463 e. The zero-order chi connectivity index (χ0) is 18.8. The van der Waals surface area contributed by atoms with Crippen molar-refractivity contribution in [2.24, 2.45) is 0 Å². The van der Waals surface area contributed by atoms with E-state index in [1.54, 1.807) is 6.92 Å². The molecular formula is C19H34N2O4. The third kappa shape index (κ3) is 6.78. The van der Waals surface area contributed by atoms with Gasteiger partial charge in [0.25, 0.3) is 0 Å². The van der Waals surface area contributed by atoms with E-state index in [1.165, 1.54) is 6.92 Å². The summed E-state index contributed by atoms with van der Waals surface area (Å²) in [7, 11) is 0. The minimum atomic E-state index is -0.351. The lowest BCUT2D eigenvalue weighted by atomic mass is 9.87. The first-order valence-corrected chi connectivity index (χ1v) is 9.50. The van der Waals surface area contributed by atoms with E-state index in [0.29, 0.717) is 18.6 Å². The van der Waals surface area contributed by atoms with Crippen LogP contribution >= 0.6 is 0 Å². The van der Waals surface area contributed by atoms with Crippen LogP contribution in [0.15, 0.2) is 11.6 Å². The van der Waals surface area contributed by atoms with Gasteiger partial charge in [-0.05, 0) is 45.2 Å². The summed E-state index contributed by atoms with van der Waals surface area (Å²) in [6.45, 7) is 10.7.